The molecule has 1 fully saturated rings. The fourth-order valence-corrected chi connectivity index (χ4v) is 2.66. The number of aromatic nitrogens is 2. The van der Waals surface area contributed by atoms with E-state index in [2.05, 4.69) is 5.10 Å². The maximum Gasteiger partial charge on any atom is 0.494 e. The van der Waals surface area contributed by atoms with Crippen molar-refractivity contribution < 1.29 is 14.4 Å². The van der Waals surface area contributed by atoms with Gasteiger partial charge in [0.2, 0.25) is 0 Å². The Kier molecular flexibility index (Phi) is 3.87. The van der Waals surface area contributed by atoms with Gasteiger partial charge in [0.05, 0.1) is 29.2 Å². The third-order valence-corrected chi connectivity index (χ3v) is 4.74. The molecule has 3 rings (SSSR count). The van der Waals surface area contributed by atoms with Crippen molar-refractivity contribution in [2.45, 2.75) is 52.4 Å². The summed E-state index contributed by atoms with van der Waals surface area (Å²) in [6, 6.07) is 9.84. The maximum atomic E-state index is 9.25. The predicted octanol–water partition coefficient (Wildman–Crippen LogP) is 1.97. The Hall–Kier alpha value is -1.63. The summed E-state index contributed by atoms with van der Waals surface area (Å²) in [5, 5.41) is 13.7. The van der Waals surface area contributed by atoms with Gasteiger partial charge in [0.25, 0.3) is 0 Å². The second-order valence-corrected chi connectivity index (χ2v) is 7.03. The van der Waals surface area contributed by atoms with Crippen molar-refractivity contribution in [2.75, 3.05) is 0 Å². The zero-order chi connectivity index (χ0) is 16.8. The van der Waals surface area contributed by atoms with Crippen LogP contribution in [0.1, 0.15) is 39.1 Å². The highest BCUT2D eigenvalue weighted by atomic mass is 16.7. The normalized spacial score (nSPS) is 19.3. The van der Waals surface area contributed by atoms with Gasteiger partial charge >= 0.3 is 7.12 Å². The van der Waals surface area contributed by atoms with Crippen LogP contribution in [0.4, 0.5) is 0 Å². The number of benzene rings is 1. The summed E-state index contributed by atoms with van der Waals surface area (Å²) in [6.45, 7) is 10.1. The number of nitrogens with zero attached hydrogens (tertiary/aromatic N) is 2. The minimum Gasteiger partial charge on any atom is -0.399 e. The maximum absolute atomic E-state index is 9.25. The van der Waals surface area contributed by atoms with Crippen LogP contribution in [0.5, 0.6) is 0 Å². The molecule has 0 spiro atoms. The number of rotatable bonds is 3. The fourth-order valence-electron chi connectivity index (χ4n) is 2.66. The van der Waals surface area contributed by atoms with Gasteiger partial charge in [-0.25, -0.2) is 4.68 Å². The van der Waals surface area contributed by atoms with E-state index in [0.717, 1.165) is 16.8 Å². The summed E-state index contributed by atoms with van der Waals surface area (Å²) in [6.07, 6.45) is 0. The third-order valence-electron chi connectivity index (χ3n) is 4.74. The molecule has 1 saturated heterocycles. The first-order valence-corrected chi connectivity index (χ1v) is 7.86. The van der Waals surface area contributed by atoms with E-state index < -0.39 is 7.12 Å². The molecule has 0 aliphatic carbocycles. The second kappa shape index (κ2) is 5.48. The molecule has 6 heteroatoms. The van der Waals surface area contributed by atoms with Gasteiger partial charge < -0.3 is 14.4 Å². The van der Waals surface area contributed by atoms with E-state index in [1.165, 1.54) is 0 Å². The summed E-state index contributed by atoms with van der Waals surface area (Å²) in [5.41, 5.74) is 2.79. The van der Waals surface area contributed by atoms with Crippen LogP contribution in [-0.2, 0) is 15.9 Å². The van der Waals surface area contributed by atoms with Crippen molar-refractivity contribution in [2.24, 2.45) is 0 Å². The Bertz CT molecular complexity index is 708. The van der Waals surface area contributed by atoms with Crippen LogP contribution in [0.2, 0.25) is 0 Å². The van der Waals surface area contributed by atoms with Gasteiger partial charge in [0.15, 0.2) is 0 Å². The highest BCUT2D eigenvalue weighted by molar-refractivity contribution is 6.62. The van der Waals surface area contributed by atoms with Crippen molar-refractivity contribution in [1.82, 2.24) is 9.78 Å². The van der Waals surface area contributed by atoms with Crippen molar-refractivity contribution in [3.8, 4) is 5.69 Å². The number of aryl methyl sites for hydroxylation is 1. The molecule has 0 atom stereocenters. The van der Waals surface area contributed by atoms with Gasteiger partial charge in [-0.3, -0.25) is 0 Å². The van der Waals surface area contributed by atoms with E-state index in [-0.39, 0.29) is 17.8 Å². The molecule has 1 N–H and O–H groups in total. The largest absolute Gasteiger partial charge is 0.494 e. The first kappa shape index (κ1) is 16.2. The van der Waals surface area contributed by atoms with Gasteiger partial charge in [-0.2, -0.15) is 5.10 Å². The molecule has 122 valence electrons. The van der Waals surface area contributed by atoms with Crippen LogP contribution in [0.25, 0.3) is 5.69 Å². The topological polar surface area (TPSA) is 56.5 Å². The first-order valence-electron chi connectivity index (χ1n) is 7.86. The summed E-state index contributed by atoms with van der Waals surface area (Å²) in [7, 11) is -0.395. The molecular formula is C17H23BN2O3. The smallest absolute Gasteiger partial charge is 0.399 e. The quantitative estimate of drug-likeness (QED) is 0.880. The molecule has 1 aromatic carbocycles. The molecule has 2 heterocycles. The summed E-state index contributed by atoms with van der Waals surface area (Å²) >= 11 is 0. The number of hydrogen-bond acceptors (Lipinski definition) is 4. The van der Waals surface area contributed by atoms with Crippen molar-refractivity contribution in [1.29, 1.82) is 0 Å². The lowest BCUT2D eigenvalue weighted by atomic mass is 9.79. The minimum absolute atomic E-state index is 0.0647. The SMILES string of the molecule is Cc1cc(CO)nn1-c1cccc(B2OC(C)(C)C(C)(C)O2)c1. The Morgan fingerprint density at radius 3 is 2.35 bits per heavy atom. The predicted molar refractivity (Wildman–Crippen MR) is 89.9 cm³/mol. The second-order valence-electron chi connectivity index (χ2n) is 7.03. The van der Waals surface area contributed by atoms with Crippen molar-refractivity contribution in [3.05, 3.63) is 41.7 Å². The Labute approximate surface area is 137 Å². The van der Waals surface area contributed by atoms with Crippen LogP contribution >= 0.6 is 0 Å². The van der Waals surface area contributed by atoms with Crippen molar-refractivity contribution >= 4 is 12.6 Å². The van der Waals surface area contributed by atoms with E-state index in [1.807, 2.05) is 69.6 Å². The molecule has 2 aromatic rings. The van der Waals surface area contributed by atoms with E-state index in [1.54, 1.807) is 0 Å². The van der Waals surface area contributed by atoms with Crippen LogP contribution in [0, 0.1) is 6.92 Å². The molecule has 1 aliphatic heterocycles. The molecule has 0 bridgehead atoms. The Morgan fingerprint density at radius 2 is 1.78 bits per heavy atom. The number of aliphatic hydroxyl groups excluding tert-OH is 1. The van der Waals surface area contributed by atoms with E-state index in [4.69, 9.17) is 9.31 Å². The fraction of sp³-hybridized carbons (Fsp3) is 0.471. The molecular weight excluding hydrogens is 291 g/mol. The Morgan fingerprint density at radius 1 is 1.13 bits per heavy atom. The van der Waals surface area contributed by atoms with Crippen molar-refractivity contribution in [3.63, 3.8) is 0 Å². The average Bonchev–Trinajstić information content (AvgIpc) is 2.96. The molecule has 0 radical (unpaired) electrons. The van der Waals surface area contributed by atoms with E-state index >= 15 is 0 Å². The van der Waals surface area contributed by atoms with Gasteiger partial charge in [-0.1, -0.05) is 12.1 Å². The highest BCUT2D eigenvalue weighted by Gasteiger charge is 2.51. The molecule has 0 amide bonds. The lowest BCUT2D eigenvalue weighted by Gasteiger charge is -2.32. The monoisotopic (exact) mass is 314 g/mol. The van der Waals surface area contributed by atoms with Crippen LogP contribution in [0.3, 0.4) is 0 Å². The third kappa shape index (κ3) is 2.82. The molecule has 0 saturated carbocycles. The van der Waals surface area contributed by atoms with E-state index in [9.17, 15) is 5.11 Å². The van der Waals surface area contributed by atoms with Gasteiger partial charge in [0.1, 0.15) is 0 Å². The Balaban J connectivity index is 1.93. The van der Waals surface area contributed by atoms with Crippen LogP contribution in [-0.4, -0.2) is 33.2 Å². The van der Waals surface area contributed by atoms with Crippen LogP contribution < -0.4 is 5.46 Å². The summed E-state index contributed by atoms with van der Waals surface area (Å²) < 4.78 is 14.0. The molecule has 5 nitrogen and oxygen atoms in total. The van der Waals surface area contributed by atoms with Gasteiger partial charge in [-0.15, -0.1) is 0 Å². The molecule has 1 aromatic heterocycles. The van der Waals surface area contributed by atoms with Crippen LogP contribution in [0.15, 0.2) is 30.3 Å². The summed E-state index contributed by atoms with van der Waals surface area (Å²) in [4.78, 5) is 0. The lowest BCUT2D eigenvalue weighted by molar-refractivity contribution is 0.00578. The first-order chi connectivity index (χ1) is 10.7. The lowest BCUT2D eigenvalue weighted by Crippen LogP contribution is -2.41. The van der Waals surface area contributed by atoms with Gasteiger partial charge in [0, 0.05) is 5.69 Å². The highest BCUT2D eigenvalue weighted by Crippen LogP contribution is 2.36. The molecule has 0 unspecified atom stereocenters. The number of hydrogen-bond donors (Lipinski definition) is 1. The average molecular weight is 314 g/mol. The standard InChI is InChI=1S/C17H23BN2O3/c1-12-9-14(11-21)19-20(12)15-8-6-7-13(10-15)18-22-16(2,3)17(4,5)23-18/h6-10,21H,11H2,1-5H3. The minimum atomic E-state index is -0.395. The molecule has 23 heavy (non-hydrogen) atoms. The summed E-state index contributed by atoms with van der Waals surface area (Å²) in [5.74, 6) is 0. The van der Waals surface area contributed by atoms with Gasteiger partial charge in [-0.05, 0) is 58.3 Å². The van der Waals surface area contributed by atoms with E-state index in [0.29, 0.717) is 5.69 Å². The number of aliphatic hydroxyl groups is 1. The zero-order valence-corrected chi connectivity index (χ0v) is 14.3. The zero-order valence-electron chi connectivity index (χ0n) is 14.3. The molecule has 1 aliphatic rings.